The maximum Gasteiger partial charge on any atom is 0.149 e. The Morgan fingerprint density at radius 1 is 1.54 bits per heavy atom. The molecule has 0 radical (unpaired) electrons. The minimum atomic E-state index is 0.132. The highest BCUT2D eigenvalue weighted by molar-refractivity contribution is 5.74. The van der Waals surface area contributed by atoms with Gasteiger partial charge < -0.3 is 4.74 Å². The van der Waals surface area contributed by atoms with E-state index in [4.69, 9.17) is 4.74 Å². The van der Waals surface area contributed by atoms with Gasteiger partial charge >= 0.3 is 0 Å². The van der Waals surface area contributed by atoms with Crippen molar-refractivity contribution in [2.75, 3.05) is 0 Å². The lowest BCUT2D eigenvalue weighted by atomic mass is 9.87. The van der Waals surface area contributed by atoms with Crippen LogP contribution in [-0.2, 0) is 9.53 Å². The van der Waals surface area contributed by atoms with Crippen LogP contribution in [-0.4, -0.2) is 12.4 Å². The Morgan fingerprint density at radius 3 is 3.08 bits per heavy atom. The lowest BCUT2D eigenvalue weighted by molar-refractivity contribution is -0.105. The van der Waals surface area contributed by atoms with Crippen molar-refractivity contribution >= 4 is 6.29 Å². The van der Waals surface area contributed by atoms with Gasteiger partial charge in [-0.3, -0.25) is 4.79 Å². The Bertz CT molecular complexity index is 265. The van der Waals surface area contributed by atoms with Crippen LogP contribution in [0.15, 0.2) is 24.0 Å². The molecule has 0 aromatic heterocycles. The molecule has 13 heavy (non-hydrogen) atoms. The number of hydrogen-bond donors (Lipinski definition) is 0. The molecule has 0 amide bonds. The minimum Gasteiger partial charge on any atom is -0.490 e. The third-order valence-electron chi connectivity index (χ3n) is 2.89. The number of carbonyl (C=O) groups is 1. The topological polar surface area (TPSA) is 26.3 Å². The van der Waals surface area contributed by atoms with Gasteiger partial charge in [-0.05, 0) is 25.7 Å². The molecule has 1 aliphatic carbocycles. The molecule has 1 heterocycles. The summed E-state index contributed by atoms with van der Waals surface area (Å²) in [6.45, 7) is 3.72. The number of aldehydes is 1. The molecule has 0 N–H and O–H groups in total. The van der Waals surface area contributed by atoms with Gasteiger partial charge in [-0.25, -0.2) is 0 Å². The molecular weight excluding hydrogens is 164 g/mol. The first-order valence-electron chi connectivity index (χ1n) is 4.82. The first kappa shape index (κ1) is 8.54. The highest BCUT2D eigenvalue weighted by atomic mass is 16.5. The van der Waals surface area contributed by atoms with E-state index in [2.05, 4.69) is 6.58 Å². The van der Waals surface area contributed by atoms with Crippen LogP contribution in [0.4, 0.5) is 0 Å². The molecule has 0 bridgehead atoms. The fraction of sp³-hybridized carbons (Fsp3) is 0.545. The molecule has 0 aromatic rings. The maximum atomic E-state index is 10.7. The highest BCUT2D eigenvalue weighted by Crippen LogP contribution is 2.40. The van der Waals surface area contributed by atoms with Crippen LogP contribution < -0.4 is 0 Å². The van der Waals surface area contributed by atoms with Crippen molar-refractivity contribution in [1.29, 1.82) is 0 Å². The van der Waals surface area contributed by atoms with Gasteiger partial charge in [0.25, 0.3) is 0 Å². The van der Waals surface area contributed by atoms with Crippen LogP contribution in [0.1, 0.15) is 25.7 Å². The molecular formula is C11H14O2. The second-order valence-corrected chi connectivity index (χ2v) is 3.72. The SMILES string of the molecule is C=CC1CC2CCCC(C=O)=C2O1. The molecule has 2 heteroatoms. The number of fused-ring (bicyclic) bond motifs is 1. The molecule has 0 spiro atoms. The van der Waals surface area contributed by atoms with Crippen LogP contribution in [0.25, 0.3) is 0 Å². The Labute approximate surface area is 78.3 Å². The second kappa shape index (κ2) is 3.36. The van der Waals surface area contributed by atoms with E-state index >= 15 is 0 Å². The van der Waals surface area contributed by atoms with Gasteiger partial charge in [-0.2, -0.15) is 0 Å². The molecule has 2 nitrogen and oxygen atoms in total. The molecule has 2 aliphatic rings. The van der Waals surface area contributed by atoms with Crippen LogP contribution in [0.5, 0.6) is 0 Å². The average Bonchev–Trinajstić information content (AvgIpc) is 2.59. The summed E-state index contributed by atoms with van der Waals surface area (Å²) in [7, 11) is 0. The van der Waals surface area contributed by atoms with Crippen molar-refractivity contribution in [3.8, 4) is 0 Å². The molecule has 0 saturated carbocycles. The predicted octanol–water partition coefficient (Wildman–Crippen LogP) is 2.21. The summed E-state index contributed by atoms with van der Waals surface area (Å²) in [6, 6.07) is 0. The molecule has 2 rings (SSSR count). The first-order chi connectivity index (χ1) is 6.35. The van der Waals surface area contributed by atoms with E-state index < -0.39 is 0 Å². The summed E-state index contributed by atoms with van der Waals surface area (Å²) in [5, 5.41) is 0. The van der Waals surface area contributed by atoms with Crippen LogP contribution >= 0.6 is 0 Å². The van der Waals surface area contributed by atoms with Gasteiger partial charge in [0.1, 0.15) is 18.1 Å². The number of rotatable bonds is 2. The van der Waals surface area contributed by atoms with Gasteiger partial charge in [-0.1, -0.05) is 12.7 Å². The Morgan fingerprint density at radius 2 is 2.38 bits per heavy atom. The van der Waals surface area contributed by atoms with E-state index in [9.17, 15) is 4.79 Å². The smallest absolute Gasteiger partial charge is 0.149 e. The van der Waals surface area contributed by atoms with Crippen molar-refractivity contribution in [3.05, 3.63) is 24.0 Å². The van der Waals surface area contributed by atoms with Gasteiger partial charge in [0.2, 0.25) is 0 Å². The zero-order valence-electron chi connectivity index (χ0n) is 7.66. The zero-order valence-corrected chi connectivity index (χ0v) is 7.66. The summed E-state index contributed by atoms with van der Waals surface area (Å²) >= 11 is 0. The quantitative estimate of drug-likeness (QED) is 0.478. The Kier molecular flexibility index (Phi) is 2.21. The first-order valence-corrected chi connectivity index (χ1v) is 4.82. The minimum absolute atomic E-state index is 0.132. The van der Waals surface area contributed by atoms with Gasteiger partial charge in [-0.15, -0.1) is 0 Å². The summed E-state index contributed by atoms with van der Waals surface area (Å²) in [4.78, 5) is 10.7. The van der Waals surface area contributed by atoms with E-state index in [0.717, 1.165) is 43.3 Å². The molecule has 2 atom stereocenters. The monoisotopic (exact) mass is 178 g/mol. The lowest BCUT2D eigenvalue weighted by Gasteiger charge is -2.17. The van der Waals surface area contributed by atoms with Gasteiger partial charge in [0, 0.05) is 11.5 Å². The number of hydrogen-bond acceptors (Lipinski definition) is 2. The molecule has 2 unspecified atom stereocenters. The fourth-order valence-electron chi connectivity index (χ4n) is 2.21. The number of ether oxygens (including phenoxy) is 1. The van der Waals surface area contributed by atoms with Crippen LogP contribution in [0.3, 0.4) is 0 Å². The Balaban J connectivity index is 2.25. The normalized spacial score (nSPS) is 32.3. The van der Waals surface area contributed by atoms with Crippen molar-refractivity contribution in [3.63, 3.8) is 0 Å². The van der Waals surface area contributed by atoms with E-state index in [1.165, 1.54) is 0 Å². The largest absolute Gasteiger partial charge is 0.490 e. The van der Waals surface area contributed by atoms with Gasteiger partial charge in [0.15, 0.2) is 0 Å². The molecule has 1 fully saturated rings. The molecule has 0 aromatic carbocycles. The Hall–Kier alpha value is -1.05. The van der Waals surface area contributed by atoms with E-state index in [1.54, 1.807) is 0 Å². The fourth-order valence-corrected chi connectivity index (χ4v) is 2.21. The number of carbonyl (C=O) groups excluding carboxylic acids is 1. The molecule has 70 valence electrons. The number of allylic oxidation sites excluding steroid dienone is 2. The lowest BCUT2D eigenvalue weighted by Crippen LogP contribution is -2.08. The third kappa shape index (κ3) is 1.41. The summed E-state index contributed by atoms with van der Waals surface area (Å²) < 4.78 is 5.65. The van der Waals surface area contributed by atoms with Crippen molar-refractivity contribution in [1.82, 2.24) is 0 Å². The summed E-state index contributed by atoms with van der Waals surface area (Å²) in [5.41, 5.74) is 0.876. The van der Waals surface area contributed by atoms with E-state index in [-0.39, 0.29) is 6.10 Å². The predicted molar refractivity (Wildman–Crippen MR) is 50.1 cm³/mol. The van der Waals surface area contributed by atoms with Crippen molar-refractivity contribution in [2.24, 2.45) is 5.92 Å². The molecule has 1 saturated heterocycles. The second-order valence-electron chi connectivity index (χ2n) is 3.72. The van der Waals surface area contributed by atoms with Gasteiger partial charge in [0.05, 0.1) is 0 Å². The van der Waals surface area contributed by atoms with Crippen molar-refractivity contribution < 1.29 is 9.53 Å². The molecule has 1 aliphatic heterocycles. The summed E-state index contributed by atoms with van der Waals surface area (Å²) in [6.07, 6.45) is 7.09. The standard InChI is InChI=1S/C11H14O2/c1-2-10-6-8-4-3-5-9(7-12)11(8)13-10/h2,7-8,10H,1,3-6H2. The zero-order chi connectivity index (χ0) is 9.26. The average molecular weight is 178 g/mol. The highest BCUT2D eigenvalue weighted by Gasteiger charge is 2.33. The van der Waals surface area contributed by atoms with Crippen LogP contribution in [0, 0.1) is 5.92 Å². The summed E-state index contributed by atoms with van der Waals surface area (Å²) in [5.74, 6) is 1.43. The van der Waals surface area contributed by atoms with E-state index in [0.29, 0.717) is 5.92 Å². The van der Waals surface area contributed by atoms with Crippen LogP contribution in [0.2, 0.25) is 0 Å². The maximum absolute atomic E-state index is 10.7. The van der Waals surface area contributed by atoms with E-state index in [1.807, 2.05) is 6.08 Å². The van der Waals surface area contributed by atoms with Crippen molar-refractivity contribution in [2.45, 2.75) is 31.8 Å². The third-order valence-corrected chi connectivity index (χ3v) is 2.89.